The fourth-order valence-electron chi connectivity index (χ4n) is 2.25. The van der Waals surface area contributed by atoms with Gasteiger partial charge in [0.2, 0.25) is 10.0 Å². The third kappa shape index (κ3) is 7.30. The van der Waals surface area contributed by atoms with Gasteiger partial charge in [-0.25, -0.2) is 8.42 Å². The first-order chi connectivity index (χ1) is 12.2. The van der Waals surface area contributed by atoms with E-state index in [-0.39, 0.29) is 10.8 Å². The molecule has 0 spiro atoms. The van der Waals surface area contributed by atoms with Gasteiger partial charge < -0.3 is 10.1 Å². The molecule has 8 heteroatoms. The first-order valence-electron chi connectivity index (χ1n) is 8.80. The summed E-state index contributed by atoms with van der Waals surface area (Å²) in [5, 5.41) is 2.67. The van der Waals surface area contributed by atoms with Gasteiger partial charge in [-0.05, 0) is 63.8 Å². The molecule has 1 atom stereocenters. The van der Waals surface area contributed by atoms with E-state index >= 15 is 0 Å². The van der Waals surface area contributed by atoms with E-state index in [2.05, 4.69) is 10.0 Å². The molecule has 0 unspecified atom stereocenters. The van der Waals surface area contributed by atoms with E-state index < -0.39 is 40.1 Å². The molecule has 1 aromatic rings. The lowest BCUT2D eigenvalue weighted by molar-refractivity contribution is -0.151. The molecule has 27 heavy (non-hydrogen) atoms. The Balaban J connectivity index is 2.87. The highest BCUT2D eigenvalue weighted by atomic mass is 32.2. The standard InChI is InChI=1S/C19H30N2O5S/c1-12(2)17(18(23)26-11-16(22)20-19(5,6)7)21-27(24,25)15-9-8-13(3)14(4)10-15/h8-10,12,17,21H,11H2,1-7H3,(H,20,22)/t17-/m1/s1. The predicted octanol–water partition coefficient (Wildman–Crippen LogP) is 2.06. The first kappa shape index (κ1) is 23.1. The fourth-order valence-corrected chi connectivity index (χ4v) is 3.67. The molecule has 0 aromatic heterocycles. The molecule has 152 valence electrons. The van der Waals surface area contributed by atoms with Gasteiger partial charge in [0, 0.05) is 5.54 Å². The average Bonchev–Trinajstić information content (AvgIpc) is 2.51. The van der Waals surface area contributed by atoms with Gasteiger partial charge in [0.25, 0.3) is 5.91 Å². The molecule has 2 N–H and O–H groups in total. The lowest BCUT2D eigenvalue weighted by atomic mass is 10.1. The summed E-state index contributed by atoms with van der Waals surface area (Å²) in [6, 6.07) is 3.66. The summed E-state index contributed by atoms with van der Waals surface area (Å²) in [7, 11) is -3.91. The lowest BCUT2D eigenvalue weighted by Crippen LogP contribution is -2.47. The van der Waals surface area contributed by atoms with Crippen LogP contribution in [0, 0.1) is 19.8 Å². The van der Waals surface area contributed by atoms with Crippen LogP contribution in [0.15, 0.2) is 23.1 Å². The maximum absolute atomic E-state index is 12.6. The Labute approximate surface area is 161 Å². The van der Waals surface area contributed by atoms with Gasteiger partial charge in [0.1, 0.15) is 6.04 Å². The van der Waals surface area contributed by atoms with Crippen molar-refractivity contribution in [1.29, 1.82) is 0 Å². The largest absolute Gasteiger partial charge is 0.454 e. The number of amides is 1. The van der Waals surface area contributed by atoms with Gasteiger partial charge in [0.15, 0.2) is 6.61 Å². The fraction of sp³-hybridized carbons (Fsp3) is 0.579. The number of sulfonamides is 1. The van der Waals surface area contributed by atoms with Crippen molar-refractivity contribution in [2.75, 3.05) is 6.61 Å². The molecule has 0 radical (unpaired) electrons. The van der Waals surface area contributed by atoms with Crippen LogP contribution in [0.4, 0.5) is 0 Å². The smallest absolute Gasteiger partial charge is 0.324 e. The van der Waals surface area contributed by atoms with Gasteiger partial charge in [-0.3, -0.25) is 9.59 Å². The number of benzene rings is 1. The zero-order valence-electron chi connectivity index (χ0n) is 17.0. The topological polar surface area (TPSA) is 102 Å². The Bertz CT molecular complexity index is 795. The predicted molar refractivity (Wildman–Crippen MR) is 104 cm³/mol. The summed E-state index contributed by atoms with van der Waals surface area (Å²) in [6.07, 6.45) is 0. The van der Waals surface area contributed by atoms with E-state index in [9.17, 15) is 18.0 Å². The summed E-state index contributed by atoms with van der Waals surface area (Å²) in [5.41, 5.74) is 1.35. The maximum atomic E-state index is 12.6. The minimum atomic E-state index is -3.91. The Morgan fingerprint density at radius 2 is 1.70 bits per heavy atom. The summed E-state index contributed by atoms with van der Waals surface area (Å²) in [5.74, 6) is -1.60. The minimum absolute atomic E-state index is 0.0783. The van der Waals surface area contributed by atoms with Gasteiger partial charge in [-0.1, -0.05) is 19.9 Å². The SMILES string of the molecule is Cc1ccc(S(=O)(=O)N[C@@H](C(=O)OCC(=O)NC(C)(C)C)C(C)C)cc1C. The van der Waals surface area contributed by atoms with Crippen molar-refractivity contribution in [2.45, 2.75) is 64.9 Å². The van der Waals surface area contributed by atoms with Crippen molar-refractivity contribution >= 4 is 21.9 Å². The normalized spacial score (nSPS) is 13.3. The van der Waals surface area contributed by atoms with Gasteiger partial charge in [-0.2, -0.15) is 4.72 Å². The molecule has 0 bridgehead atoms. The van der Waals surface area contributed by atoms with Crippen molar-refractivity contribution < 1.29 is 22.7 Å². The Morgan fingerprint density at radius 3 is 2.19 bits per heavy atom. The number of hydrogen-bond donors (Lipinski definition) is 2. The minimum Gasteiger partial charge on any atom is -0.454 e. The van der Waals surface area contributed by atoms with Crippen molar-refractivity contribution in [2.24, 2.45) is 5.92 Å². The highest BCUT2D eigenvalue weighted by molar-refractivity contribution is 7.89. The summed E-state index contributed by atoms with van der Waals surface area (Å²) in [4.78, 5) is 24.2. The molecular weight excluding hydrogens is 368 g/mol. The molecule has 7 nitrogen and oxygen atoms in total. The average molecular weight is 399 g/mol. The number of ether oxygens (including phenoxy) is 1. The van der Waals surface area contributed by atoms with Crippen LogP contribution in [0.1, 0.15) is 45.7 Å². The number of rotatable bonds is 7. The van der Waals surface area contributed by atoms with E-state index in [0.717, 1.165) is 11.1 Å². The van der Waals surface area contributed by atoms with Gasteiger partial charge in [-0.15, -0.1) is 0 Å². The lowest BCUT2D eigenvalue weighted by Gasteiger charge is -2.23. The second-order valence-corrected chi connectivity index (χ2v) is 9.71. The van der Waals surface area contributed by atoms with Crippen LogP contribution in [0.2, 0.25) is 0 Å². The van der Waals surface area contributed by atoms with Crippen molar-refractivity contribution in [1.82, 2.24) is 10.0 Å². The van der Waals surface area contributed by atoms with Crippen molar-refractivity contribution in [3.05, 3.63) is 29.3 Å². The van der Waals surface area contributed by atoms with Gasteiger partial charge in [0.05, 0.1) is 4.90 Å². The molecule has 1 amide bonds. The Morgan fingerprint density at radius 1 is 1.11 bits per heavy atom. The van der Waals surface area contributed by atoms with Crippen LogP contribution in [-0.2, 0) is 24.3 Å². The number of aryl methyl sites for hydroxylation is 2. The van der Waals surface area contributed by atoms with E-state index in [1.807, 2.05) is 13.8 Å². The van der Waals surface area contributed by atoms with Crippen LogP contribution in [0.25, 0.3) is 0 Å². The molecule has 0 saturated heterocycles. The Hall–Kier alpha value is -1.93. The number of nitrogens with one attached hydrogen (secondary N) is 2. The zero-order valence-corrected chi connectivity index (χ0v) is 17.9. The summed E-state index contributed by atoms with van der Waals surface area (Å²) >= 11 is 0. The highest BCUT2D eigenvalue weighted by Gasteiger charge is 2.30. The summed E-state index contributed by atoms with van der Waals surface area (Å²) < 4.78 is 32.7. The number of carbonyl (C=O) groups excluding carboxylic acids is 2. The third-order valence-electron chi connectivity index (χ3n) is 3.85. The quantitative estimate of drug-likeness (QED) is 0.685. The molecule has 1 aromatic carbocycles. The number of carbonyl (C=O) groups is 2. The molecule has 0 aliphatic heterocycles. The van der Waals surface area contributed by atoms with Crippen molar-refractivity contribution in [3.63, 3.8) is 0 Å². The maximum Gasteiger partial charge on any atom is 0.324 e. The molecule has 1 rings (SSSR count). The number of hydrogen-bond acceptors (Lipinski definition) is 5. The van der Waals surface area contributed by atoms with E-state index in [4.69, 9.17) is 4.74 Å². The Kier molecular flexibility index (Phi) is 7.57. The van der Waals surface area contributed by atoms with Crippen LogP contribution >= 0.6 is 0 Å². The van der Waals surface area contributed by atoms with Crippen LogP contribution in [0.3, 0.4) is 0 Å². The van der Waals surface area contributed by atoms with Gasteiger partial charge >= 0.3 is 5.97 Å². The van der Waals surface area contributed by atoms with Crippen LogP contribution in [-0.4, -0.2) is 38.5 Å². The summed E-state index contributed by atoms with van der Waals surface area (Å²) in [6.45, 7) is 12.1. The van der Waals surface area contributed by atoms with Crippen molar-refractivity contribution in [3.8, 4) is 0 Å². The zero-order chi connectivity index (χ0) is 21.0. The van der Waals surface area contributed by atoms with E-state index in [0.29, 0.717) is 0 Å². The second kappa shape index (κ2) is 8.84. The third-order valence-corrected chi connectivity index (χ3v) is 5.29. The second-order valence-electron chi connectivity index (χ2n) is 7.99. The number of esters is 1. The van der Waals surface area contributed by atoms with E-state index in [1.165, 1.54) is 6.07 Å². The molecule has 0 heterocycles. The first-order valence-corrected chi connectivity index (χ1v) is 10.3. The molecule has 0 fully saturated rings. The molecule has 0 aliphatic rings. The van der Waals surface area contributed by atoms with Crippen LogP contribution in [0.5, 0.6) is 0 Å². The molecular formula is C19H30N2O5S. The molecule has 0 aliphatic carbocycles. The molecule has 0 saturated carbocycles. The highest BCUT2D eigenvalue weighted by Crippen LogP contribution is 2.16. The van der Waals surface area contributed by atoms with E-state index in [1.54, 1.807) is 46.8 Å². The van der Waals surface area contributed by atoms with Crippen LogP contribution < -0.4 is 10.0 Å². The monoisotopic (exact) mass is 398 g/mol.